The Hall–Kier alpha value is -5.48. The zero-order valence-corrected chi connectivity index (χ0v) is 28.7. The van der Waals surface area contributed by atoms with Crippen LogP contribution in [-0.4, -0.2) is 60.9 Å². The van der Waals surface area contributed by atoms with Crippen molar-refractivity contribution >= 4 is 5.95 Å². The number of rotatable bonds is 8. The quantitative estimate of drug-likeness (QED) is 0.163. The van der Waals surface area contributed by atoms with E-state index in [-0.39, 0.29) is 16.9 Å². The largest absolute Gasteiger partial charge is 0.508 e. The van der Waals surface area contributed by atoms with Crippen LogP contribution >= 0.6 is 0 Å². The van der Waals surface area contributed by atoms with E-state index in [9.17, 15) is 10.2 Å². The fourth-order valence-corrected chi connectivity index (χ4v) is 5.35. The van der Waals surface area contributed by atoms with Gasteiger partial charge in [-0.2, -0.15) is 0 Å². The number of phenolic OH excluding ortho intramolecular Hbond substituents is 2. The molecule has 0 aliphatic rings. The standard InChI is InChI=1S/C20H24N4O.C18H20N4O/c1-20(2,3)15-8-10-16(11-9-15)24-18(13-21-4)22-23-19(24)14-6-5-7-17(25)12-14;1-4-13-7-5-9-15(11-13)22-17(19-20-18(22)21(2)3)14-8-6-10-16(23)12-14/h5-12,21,25H,13H2,1-4H3;5-12,23H,4H2,1-3H3. The van der Waals surface area contributed by atoms with Crippen LogP contribution in [0.3, 0.4) is 0 Å². The Labute approximate surface area is 282 Å². The second-order valence-corrected chi connectivity index (χ2v) is 12.8. The molecule has 2 aromatic heterocycles. The first kappa shape index (κ1) is 33.9. The van der Waals surface area contributed by atoms with Crippen molar-refractivity contribution in [3.8, 4) is 45.6 Å². The van der Waals surface area contributed by atoms with E-state index < -0.39 is 0 Å². The van der Waals surface area contributed by atoms with Crippen LogP contribution in [0.25, 0.3) is 34.2 Å². The van der Waals surface area contributed by atoms with E-state index >= 15 is 0 Å². The van der Waals surface area contributed by atoms with Gasteiger partial charge in [-0.05, 0) is 78.5 Å². The number of aryl methyl sites for hydroxylation is 1. The van der Waals surface area contributed by atoms with Crippen LogP contribution < -0.4 is 10.2 Å². The average molecular weight is 645 g/mol. The van der Waals surface area contributed by atoms with E-state index in [0.29, 0.717) is 18.2 Å². The van der Waals surface area contributed by atoms with Gasteiger partial charge in [0.15, 0.2) is 17.5 Å². The third-order valence-corrected chi connectivity index (χ3v) is 7.89. The first-order chi connectivity index (χ1) is 23.0. The lowest BCUT2D eigenvalue weighted by Crippen LogP contribution is -2.15. The molecule has 0 saturated carbocycles. The topological polar surface area (TPSA) is 117 Å². The monoisotopic (exact) mass is 644 g/mol. The predicted molar refractivity (Wildman–Crippen MR) is 192 cm³/mol. The van der Waals surface area contributed by atoms with Crippen molar-refractivity contribution < 1.29 is 10.2 Å². The van der Waals surface area contributed by atoms with Crippen molar-refractivity contribution in [3.63, 3.8) is 0 Å². The summed E-state index contributed by atoms with van der Waals surface area (Å²) < 4.78 is 4.03. The molecule has 48 heavy (non-hydrogen) atoms. The zero-order valence-electron chi connectivity index (χ0n) is 28.7. The molecule has 0 fully saturated rings. The number of aromatic nitrogens is 6. The van der Waals surface area contributed by atoms with Crippen molar-refractivity contribution in [2.24, 2.45) is 0 Å². The third kappa shape index (κ3) is 7.56. The van der Waals surface area contributed by atoms with Crippen LogP contribution in [0, 0.1) is 0 Å². The summed E-state index contributed by atoms with van der Waals surface area (Å²) in [4.78, 5) is 1.93. The summed E-state index contributed by atoms with van der Waals surface area (Å²) in [5.41, 5.74) is 6.30. The molecular formula is C38H44N8O2. The highest BCUT2D eigenvalue weighted by Gasteiger charge is 2.19. The third-order valence-electron chi connectivity index (χ3n) is 7.89. The maximum absolute atomic E-state index is 9.80. The van der Waals surface area contributed by atoms with Crippen molar-refractivity contribution in [1.29, 1.82) is 0 Å². The second kappa shape index (κ2) is 14.5. The molecule has 0 saturated heterocycles. The summed E-state index contributed by atoms with van der Waals surface area (Å²) in [6.45, 7) is 9.34. The van der Waals surface area contributed by atoms with E-state index in [1.807, 2.05) is 71.6 Å². The molecule has 0 spiro atoms. The first-order valence-electron chi connectivity index (χ1n) is 16.0. The Morgan fingerprint density at radius 3 is 1.81 bits per heavy atom. The molecule has 10 heteroatoms. The summed E-state index contributed by atoms with van der Waals surface area (Å²) in [6.07, 6.45) is 0.967. The van der Waals surface area contributed by atoms with Gasteiger partial charge in [0.2, 0.25) is 5.95 Å². The fourth-order valence-electron chi connectivity index (χ4n) is 5.35. The van der Waals surface area contributed by atoms with Crippen molar-refractivity contribution in [3.05, 3.63) is 114 Å². The smallest absolute Gasteiger partial charge is 0.231 e. The highest BCUT2D eigenvalue weighted by Crippen LogP contribution is 2.30. The van der Waals surface area contributed by atoms with Crippen LogP contribution in [0.15, 0.2) is 97.1 Å². The summed E-state index contributed by atoms with van der Waals surface area (Å²) in [7, 11) is 5.77. The van der Waals surface area contributed by atoms with Gasteiger partial charge in [0.1, 0.15) is 11.5 Å². The molecule has 0 radical (unpaired) electrons. The molecule has 6 rings (SSSR count). The van der Waals surface area contributed by atoms with Crippen LogP contribution in [-0.2, 0) is 18.4 Å². The maximum atomic E-state index is 9.80. The van der Waals surface area contributed by atoms with Crippen molar-refractivity contribution in [2.45, 2.75) is 46.1 Å². The molecule has 6 aromatic rings. The van der Waals surface area contributed by atoms with Gasteiger partial charge in [-0.15, -0.1) is 20.4 Å². The SMILES string of the molecule is CCc1cccc(-n2c(-c3cccc(O)c3)nnc2N(C)C)c1.CNCc1nnc(-c2cccc(O)c2)n1-c1ccc(C(C)(C)C)cc1. The molecule has 0 unspecified atom stereocenters. The van der Waals surface area contributed by atoms with E-state index in [2.05, 4.69) is 89.8 Å². The number of nitrogens with zero attached hydrogens (tertiary/aromatic N) is 7. The zero-order chi connectivity index (χ0) is 34.4. The van der Waals surface area contributed by atoms with Crippen LogP contribution in [0.2, 0.25) is 0 Å². The van der Waals surface area contributed by atoms with Crippen LogP contribution in [0.5, 0.6) is 11.5 Å². The number of benzene rings is 4. The fraction of sp³-hybridized carbons (Fsp3) is 0.263. The molecule has 0 aliphatic carbocycles. The van der Waals surface area contributed by atoms with Gasteiger partial charge in [0.25, 0.3) is 0 Å². The molecule has 10 nitrogen and oxygen atoms in total. The second-order valence-electron chi connectivity index (χ2n) is 12.8. The Bertz CT molecular complexity index is 1970. The molecule has 2 heterocycles. The minimum absolute atomic E-state index is 0.105. The number of aromatic hydroxyl groups is 2. The van der Waals surface area contributed by atoms with Gasteiger partial charge in [-0.1, -0.05) is 76.2 Å². The lowest BCUT2D eigenvalue weighted by molar-refractivity contribution is 0.475. The Kier molecular flexibility index (Phi) is 10.2. The van der Waals surface area contributed by atoms with Gasteiger partial charge in [-0.3, -0.25) is 9.13 Å². The Morgan fingerprint density at radius 1 is 0.688 bits per heavy atom. The number of hydrogen-bond acceptors (Lipinski definition) is 8. The summed E-state index contributed by atoms with van der Waals surface area (Å²) in [6, 6.07) is 31.0. The van der Waals surface area contributed by atoms with Gasteiger partial charge in [-0.25, -0.2) is 0 Å². The van der Waals surface area contributed by atoms with Crippen molar-refractivity contribution in [1.82, 2.24) is 34.8 Å². The number of phenols is 2. The first-order valence-corrected chi connectivity index (χ1v) is 16.0. The highest BCUT2D eigenvalue weighted by atomic mass is 16.3. The van der Waals surface area contributed by atoms with E-state index in [0.717, 1.165) is 40.7 Å². The van der Waals surface area contributed by atoms with Gasteiger partial charge >= 0.3 is 0 Å². The predicted octanol–water partition coefficient (Wildman–Crippen LogP) is 6.93. The molecule has 0 bridgehead atoms. The minimum Gasteiger partial charge on any atom is -0.508 e. The summed E-state index contributed by atoms with van der Waals surface area (Å²) >= 11 is 0. The van der Waals surface area contributed by atoms with Crippen LogP contribution in [0.1, 0.15) is 44.6 Å². The Morgan fingerprint density at radius 2 is 1.27 bits per heavy atom. The average Bonchev–Trinajstić information content (AvgIpc) is 3.70. The molecule has 0 aliphatic heterocycles. The molecular weight excluding hydrogens is 600 g/mol. The lowest BCUT2D eigenvalue weighted by Gasteiger charge is -2.19. The molecule has 0 atom stereocenters. The van der Waals surface area contributed by atoms with Crippen LogP contribution in [0.4, 0.5) is 5.95 Å². The number of hydrogen-bond donors (Lipinski definition) is 3. The van der Waals surface area contributed by atoms with E-state index in [1.54, 1.807) is 24.3 Å². The van der Waals surface area contributed by atoms with E-state index in [1.165, 1.54) is 11.1 Å². The van der Waals surface area contributed by atoms with Gasteiger partial charge in [0, 0.05) is 30.9 Å². The van der Waals surface area contributed by atoms with Crippen molar-refractivity contribution in [2.75, 3.05) is 26.0 Å². The summed E-state index contributed by atoms with van der Waals surface area (Å²) in [5, 5.41) is 40.0. The summed E-state index contributed by atoms with van der Waals surface area (Å²) in [5.74, 6) is 3.42. The molecule has 4 aromatic carbocycles. The van der Waals surface area contributed by atoms with E-state index in [4.69, 9.17) is 0 Å². The normalized spacial score (nSPS) is 11.2. The minimum atomic E-state index is 0.105. The lowest BCUT2D eigenvalue weighted by atomic mass is 9.87. The molecule has 0 amide bonds. The highest BCUT2D eigenvalue weighted by molar-refractivity contribution is 5.64. The molecule has 248 valence electrons. The number of nitrogens with one attached hydrogen (secondary N) is 1. The number of anilines is 1. The van der Waals surface area contributed by atoms with Gasteiger partial charge < -0.3 is 20.4 Å². The molecule has 3 N–H and O–H groups in total. The van der Waals surface area contributed by atoms with Gasteiger partial charge in [0.05, 0.1) is 12.2 Å². The Balaban J connectivity index is 0.000000188. The maximum Gasteiger partial charge on any atom is 0.231 e.